The van der Waals surface area contributed by atoms with Gasteiger partial charge in [0.15, 0.2) is 0 Å². The van der Waals surface area contributed by atoms with Crippen LogP contribution >= 0.6 is 11.3 Å². The lowest BCUT2D eigenvalue weighted by Gasteiger charge is -2.29. The molecule has 116 valence electrons. The van der Waals surface area contributed by atoms with E-state index < -0.39 is 0 Å². The van der Waals surface area contributed by atoms with E-state index in [2.05, 4.69) is 28.7 Å². The van der Waals surface area contributed by atoms with E-state index in [-0.39, 0.29) is 0 Å². The summed E-state index contributed by atoms with van der Waals surface area (Å²) in [5, 5.41) is 2.96. The van der Waals surface area contributed by atoms with Gasteiger partial charge in [-0.05, 0) is 24.3 Å². The zero-order valence-electron chi connectivity index (χ0n) is 13.0. The van der Waals surface area contributed by atoms with Crippen LogP contribution in [-0.2, 0) is 11.3 Å². The number of aromatic nitrogens is 2. The van der Waals surface area contributed by atoms with Gasteiger partial charge in [0.05, 0.1) is 18.5 Å². The van der Waals surface area contributed by atoms with Crippen LogP contribution in [0.25, 0.3) is 10.2 Å². The van der Waals surface area contributed by atoms with Crippen molar-refractivity contribution in [3.63, 3.8) is 0 Å². The van der Waals surface area contributed by atoms with Gasteiger partial charge >= 0.3 is 0 Å². The topological polar surface area (TPSA) is 64.3 Å². The molecule has 0 radical (unpaired) electrons. The molecule has 0 saturated heterocycles. The van der Waals surface area contributed by atoms with Crippen LogP contribution in [0.2, 0.25) is 0 Å². The quantitative estimate of drug-likeness (QED) is 0.812. The molecule has 6 heteroatoms. The largest absolute Gasteiger partial charge is 0.383 e. The molecule has 0 unspecified atom stereocenters. The Morgan fingerprint density at radius 1 is 1.33 bits per heavy atom. The third-order valence-electron chi connectivity index (χ3n) is 3.79. The van der Waals surface area contributed by atoms with E-state index in [9.17, 15) is 0 Å². The minimum atomic E-state index is 0.518. The monoisotopic (exact) mass is 308 g/mol. The van der Waals surface area contributed by atoms with Crippen LogP contribution in [0.15, 0.2) is 11.4 Å². The number of ether oxygens (including phenoxy) is 1. The smallest absolute Gasteiger partial charge is 0.146 e. The maximum atomic E-state index is 6.03. The second-order valence-corrected chi connectivity index (χ2v) is 5.99. The van der Waals surface area contributed by atoms with Gasteiger partial charge in [-0.3, -0.25) is 4.90 Å². The summed E-state index contributed by atoms with van der Waals surface area (Å²) < 4.78 is 5.23. The highest BCUT2D eigenvalue weighted by Crippen LogP contribution is 2.23. The Labute approximate surface area is 130 Å². The molecule has 2 aromatic rings. The van der Waals surface area contributed by atoms with Crippen LogP contribution in [0.1, 0.15) is 32.5 Å². The molecule has 2 aromatic heterocycles. The first kappa shape index (κ1) is 16.1. The Bertz CT molecular complexity index is 568. The van der Waals surface area contributed by atoms with Crippen molar-refractivity contribution in [3.8, 4) is 0 Å². The summed E-state index contributed by atoms with van der Waals surface area (Å²) in [5.41, 5.74) is 6.03. The fourth-order valence-corrected chi connectivity index (χ4v) is 3.37. The molecule has 21 heavy (non-hydrogen) atoms. The number of nitrogens with two attached hydrogens (primary N) is 1. The van der Waals surface area contributed by atoms with Crippen LogP contribution in [-0.4, -0.2) is 41.2 Å². The molecule has 0 atom stereocenters. The number of fused-ring (bicyclic) bond motifs is 1. The number of nitrogen functional groups attached to an aromatic ring is 1. The minimum Gasteiger partial charge on any atom is -0.383 e. The van der Waals surface area contributed by atoms with Crippen molar-refractivity contribution in [3.05, 3.63) is 17.3 Å². The van der Waals surface area contributed by atoms with Crippen molar-refractivity contribution in [2.45, 2.75) is 39.3 Å². The average molecular weight is 308 g/mol. The number of hydrogen-bond donors (Lipinski definition) is 1. The highest BCUT2D eigenvalue weighted by atomic mass is 32.1. The summed E-state index contributed by atoms with van der Waals surface area (Å²) in [6.07, 6.45) is 2.22. The molecule has 0 aliphatic carbocycles. The SMILES string of the molecule is CCC(CC)N(CCOC)Cc1nc(N)c2ccsc2n1. The summed E-state index contributed by atoms with van der Waals surface area (Å²) in [6.45, 7) is 6.74. The van der Waals surface area contributed by atoms with Gasteiger partial charge in [0.2, 0.25) is 0 Å². The third-order valence-corrected chi connectivity index (χ3v) is 4.59. The third kappa shape index (κ3) is 3.90. The van der Waals surface area contributed by atoms with E-state index in [0.717, 1.165) is 35.4 Å². The molecule has 0 aliphatic rings. The summed E-state index contributed by atoms with van der Waals surface area (Å²) >= 11 is 1.61. The molecule has 2 rings (SSSR count). The van der Waals surface area contributed by atoms with E-state index in [1.54, 1.807) is 18.4 Å². The fourth-order valence-electron chi connectivity index (χ4n) is 2.58. The molecule has 0 amide bonds. The molecule has 0 aromatic carbocycles. The normalized spacial score (nSPS) is 11.9. The zero-order chi connectivity index (χ0) is 15.2. The summed E-state index contributed by atoms with van der Waals surface area (Å²) in [4.78, 5) is 12.5. The second kappa shape index (κ2) is 7.68. The molecule has 0 saturated carbocycles. The maximum absolute atomic E-state index is 6.03. The molecule has 2 heterocycles. The molecule has 2 N–H and O–H groups in total. The fraction of sp³-hybridized carbons (Fsp3) is 0.600. The first-order chi connectivity index (χ1) is 10.2. The lowest BCUT2D eigenvalue weighted by Crippen LogP contribution is -2.37. The molecule has 0 bridgehead atoms. The molecule has 0 aliphatic heterocycles. The van der Waals surface area contributed by atoms with Crippen LogP contribution in [0.3, 0.4) is 0 Å². The van der Waals surface area contributed by atoms with Crippen molar-refractivity contribution in [1.29, 1.82) is 0 Å². The predicted molar refractivity (Wildman–Crippen MR) is 88.5 cm³/mol. The molecule has 0 spiro atoms. The highest BCUT2D eigenvalue weighted by molar-refractivity contribution is 7.16. The second-order valence-electron chi connectivity index (χ2n) is 5.10. The zero-order valence-corrected chi connectivity index (χ0v) is 13.8. The van der Waals surface area contributed by atoms with Crippen molar-refractivity contribution in [1.82, 2.24) is 14.9 Å². The van der Waals surface area contributed by atoms with Gasteiger partial charge in [-0.2, -0.15) is 0 Å². The lowest BCUT2D eigenvalue weighted by atomic mass is 10.1. The predicted octanol–water partition coefficient (Wildman–Crippen LogP) is 2.91. The lowest BCUT2D eigenvalue weighted by molar-refractivity contribution is 0.108. The number of rotatable bonds is 8. The van der Waals surface area contributed by atoms with Gasteiger partial charge in [-0.1, -0.05) is 13.8 Å². The van der Waals surface area contributed by atoms with Crippen molar-refractivity contribution in [2.24, 2.45) is 0 Å². The Kier molecular flexibility index (Phi) is 5.90. The summed E-state index contributed by atoms with van der Waals surface area (Å²) in [7, 11) is 1.73. The van der Waals surface area contributed by atoms with Crippen LogP contribution in [0.5, 0.6) is 0 Å². The van der Waals surface area contributed by atoms with Crippen LogP contribution in [0.4, 0.5) is 5.82 Å². The number of anilines is 1. The standard InChI is InChI=1S/C15H24N4OS/c1-4-11(5-2)19(7-8-20-3)10-13-17-14(16)12-6-9-21-15(12)18-13/h6,9,11H,4-5,7-8,10H2,1-3H3,(H2,16,17,18). The first-order valence-electron chi connectivity index (χ1n) is 7.42. The van der Waals surface area contributed by atoms with E-state index >= 15 is 0 Å². The summed E-state index contributed by atoms with van der Waals surface area (Å²) in [6, 6.07) is 2.49. The van der Waals surface area contributed by atoms with Crippen molar-refractivity contribution >= 4 is 27.4 Å². The number of thiophene rings is 1. The number of nitrogens with zero attached hydrogens (tertiary/aromatic N) is 3. The Balaban J connectivity index is 2.20. The molecular formula is C15H24N4OS. The van der Waals surface area contributed by atoms with Gasteiger partial charge in [0, 0.05) is 19.7 Å². The van der Waals surface area contributed by atoms with E-state index in [0.29, 0.717) is 25.0 Å². The number of methoxy groups -OCH3 is 1. The van der Waals surface area contributed by atoms with Crippen LogP contribution < -0.4 is 5.73 Å². The van der Waals surface area contributed by atoms with Crippen molar-refractivity contribution in [2.75, 3.05) is 26.0 Å². The number of hydrogen-bond acceptors (Lipinski definition) is 6. The Hall–Kier alpha value is -1.24. The van der Waals surface area contributed by atoms with Gasteiger partial charge in [0.25, 0.3) is 0 Å². The van der Waals surface area contributed by atoms with Gasteiger partial charge in [-0.25, -0.2) is 9.97 Å². The minimum absolute atomic E-state index is 0.518. The molecule has 5 nitrogen and oxygen atoms in total. The first-order valence-corrected chi connectivity index (χ1v) is 8.30. The van der Waals surface area contributed by atoms with Gasteiger partial charge in [-0.15, -0.1) is 11.3 Å². The molecular weight excluding hydrogens is 284 g/mol. The highest BCUT2D eigenvalue weighted by Gasteiger charge is 2.17. The van der Waals surface area contributed by atoms with Gasteiger partial charge in [0.1, 0.15) is 16.5 Å². The average Bonchev–Trinajstić information content (AvgIpc) is 2.94. The van der Waals surface area contributed by atoms with Crippen LogP contribution in [0, 0.1) is 0 Å². The van der Waals surface area contributed by atoms with Gasteiger partial charge < -0.3 is 10.5 Å². The van der Waals surface area contributed by atoms with E-state index in [1.807, 2.05) is 11.4 Å². The summed E-state index contributed by atoms with van der Waals surface area (Å²) in [5.74, 6) is 1.37. The van der Waals surface area contributed by atoms with E-state index in [4.69, 9.17) is 10.5 Å². The Morgan fingerprint density at radius 3 is 2.76 bits per heavy atom. The Morgan fingerprint density at radius 2 is 2.10 bits per heavy atom. The van der Waals surface area contributed by atoms with Crippen molar-refractivity contribution < 1.29 is 4.74 Å². The maximum Gasteiger partial charge on any atom is 0.146 e. The molecule has 0 fully saturated rings. The van der Waals surface area contributed by atoms with E-state index in [1.165, 1.54) is 0 Å².